The number of hydrogen-bond donors (Lipinski definition) is 2. The Morgan fingerprint density at radius 1 is 1.13 bits per heavy atom. The normalized spacial score (nSPS) is 15.5. The highest BCUT2D eigenvalue weighted by Gasteiger charge is 2.23. The number of hydrogen-bond acceptors (Lipinski definition) is 6. The molecule has 3 heterocycles. The van der Waals surface area contributed by atoms with E-state index < -0.39 is 17.4 Å². The Balaban J connectivity index is 1.48. The van der Waals surface area contributed by atoms with Gasteiger partial charge in [-0.15, -0.1) is 11.3 Å². The van der Waals surface area contributed by atoms with Crippen LogP contribution in [0.25, 0.3) is 10.6 Å². The van der Waals surface area contributed by atoms with Crippen LogP contribution in [0.2, 0.25) is 0 Å². The van der Waals surface area contributed by atoms with Gasteiger partial charge in [0.1, 0.15) is 10.8 Å². The van der Waals surface area contributed by atoms with Gasteiger partial charge >= 0.3 is 6.09 Å². The quantitative estimate of drug-likeness (QED) is 0.558. The first-order valence-corrected chi connectivity index (χ1v) is 11.6. The molecule has 0 radical (unpaired) electrons. The van der Waals surface area contributed by atoms with E-state index in [-0.39, 0.29) is 6.10 Å². The first-order valence-electron chi connectivity index (χ1n) is 9.68. The van der Waals surface area contributed by atoms with E-state index in [1.807, 2.05) is 24.3 Å². The minimum Gasteiger partial charge on any atom is -0.410 e. The first-order chi connectivity index (χ1) is 15.0. The molecule has 162 valence electrons. The fourth-order valence-electron chi connectivity index (χ4n) is 3.24. The van der Waals surface area contributed by atoms with Crippen LogP contribution in [-0.4, -0.2) is 49.0 Å². The number of carbonyl (C=O) groups is 1. The maximum Gasteiger partial charge on any atom is 0.415 e. The van der Waals surface area contributed by atoms with E-state index in [2.05, 4.69) is 4.98 Å². The molecule has 2 N–H and O–H groups in total. The molecule has 31 heavy (non-hydrogen) atoms. The summed E-state index contributed by atoms with van der Waals surface area (Å²) < 4.78 is 28.6. The Kier molecular flexibility index (Phi) is 6.62. The van der Waals surface area contributed by atoms with Gasteiger partial charge in [0.05, 0.1) is 22.4 Å². The smallest absolute Gasteiger partial charge is 0.410 e. The molecular weight excluding hydrogens is 438 g/mol. The summed E-state index contributed by atoms with van der Waals surface area (Å²) >= 11 is -0.940. The van der Waals surface area contributed by atoms with Crippen LogP contribution in [0.1, 0.15) is 12.8 Å². The predicted molar refractivity (Wildman–Crippen MR) is 120 cm³/mol. The van der Waals surface area contributed by atoms with Gasteiger partial charge in [0.15, 0.2) is 0 Å². The zero-order valence-corrected chi connectivity index (χ0v) is 18.1. The van der Waals surface area contributed by atoms with Gasteiger partial charge in [0, 0.05) is 19.3 Å². The highest BCUT2D eigenvalue weighted by Crippen LogP contribution is 2.37. The lowest BCUT2D eigenvalue weighted by molar-refractivity contribution is 0.0798. The summed E-state index contributed by atoms with van der Waals surface area (Å²) in [6, 6.07) is 15.6. The number of nitrogens with zero attached hydrogens (tertiary/aromatic N) is 3. The average Bonchev–Trinajstić information content (AvgIpc) is 3.25. The molecule has 1 saturated heterocycles. The summed E-state index contributed by atoms with van der Waals surface area (Å²) in [6.45, 7) is 0.901. The summed E-state index contributed by atoms with van der Waals surface area (Å²) in [5.41, 5.74) is 1.27. The average molecular weight is 460 g/mol. The number of aliphatic hydroxyl groups is 1. The van der Waals surface area contributed by atoms with Crippen molar-refractivity contribution in [3.8, 4) is 16.3 Å². The first kappa shape index (κ1) is 21.4. The van der Waals surface area contributed by atoms with E-state index in [0.717, 1.165) is 10.6 Å². The summed E-state index contributed by atoms with van der Waals surface area (Å²) in [7, 11) is 0. The standard InChI is InChI=1S/C21H21N3O5S2/c25-16-10-13-23(14-11-16)21(26)29-17-6-4-15(5-7-17)24(31(27)28)20-9-8-19(30-20)18-3-1-2-12-22-18/h1-9,12,16,25H,10-11,13-14H2,(H,27,28). The second kappa shape index (κ2) is 9.56. The topological polar surface area (TPSA) is 103 Å². The Labute approximate surface area is 186 Å². The van der Waals surface area contributed by atoms with Crippen molar-refractivity contribution < 1.29 is 23.4 Å². The van der Waals surface area contributed by atoms with Gasteiger partial charge in [0.2, 0.25) is 0 Å². The molecule has 0 saturated carbocycles. The van der Waals surface area contributed by atoms with Crippen LogP contribution in [0.4, 0.5) is 15.5 Å². The highest BCUT2D eigenvalue weighted by atomic mass is 32.2. The Morgan fingerprint density at radius 3 is 2.52 bits per heavy atom. The predicted octanol–water partition coefficient (Wildman–Crippen LogP) is 4.04. The fourth-order valence-corrected chi connectivity index (χ4v) is 4.97. The number of likely N-dealkylation sites (tertiary alicyclic amines) is 1. The van der Waals surface area contributed by atoms with Crippen LogP contribution >= 0.6 is 11.3 Å². The van der Waals surface area contributed by atoms with Gasteiger partial charge in [-0.05, 0) is 61.4 Å². The Morgan fingerprint density at radius 2 is 1.87 bits per heavy atom. The third-order valence-corrected chi connectivity index (χ3v) is 6.79. The molecule has 0 bridgehead atoms. The Hall–Kier alpha value is -2.79. The van der Waals surface area contributed by atoms with Gasteiger partial charge in [-0.2, -0.15) is 0 Å². The number of amides is 1. The van der Waals surface area contributed by atoms with Crippen LogP contribution in [0.15, 0.2) is 60.8 Å². The lowest BCUT2D eigenvalue weighted by Gasteiger charge is -2.28. The minimum absolute atomic E-state index is 0.337. The van der Waals surface area contributed by atoms with E-state index in [0.29, 0.717) is 42.4 Å². The van der Waals surface area contributed by atoms with Crippen molar-refractivity contribution in [1.82, 2.24) is 9.88 Å². The zero-order chi connectivity index (χ0) is 21.8. The minimum atomic E-state index is -2.29. The SMILES string of the molecule is O=C(Oc1ccc(N(c2ccc(-c3ccccn3)s2)S(=O)O)cc1)N1CCC(O)CC1. The second-order valence-electron chi connectivity index (χ2n) is 6.96. The third kappa shape index (κ3) is 5.10. The maximum atomic E-state index is 12.3. The van der Waals surface area contributed by atoms with Crippen LogP contribution in [0, 0.1) is 0 Å². The van der Waals surface area contributed by atoms with E-state index in [9.17, 15) is 18.7 Å². The summed E-state index contributed by atoms with van der Waals surface area (Å²) in [6.07, 6.45) is 1.92. The van der Waals surface area contributed by atoms with Crippen LogP contribution in [-0.2, 0) is 11.3 Å². The number of anilines is 2. The molecule has 0 spiro atoms. The highest BCUT2D eigenvalue weighted by molar-refractivity contribution is 7.81. The van der Waals surface area contributed by atoms with E-state index in [1.54, 1.807) is 41.4 Å². The zero-order valence-electron chi connectivity index (χ0n) is 16.5. The van der Waals surface area contributed by atoms with Crippen molar-refractivity contribution >= 4 is 39.4 Å². The number of benzene rings is 1. The summed E-state index contributed by atoms with van der Waals surface area (Å²) in [5, 5.41) is 10.1. The van der Waals surface area contributed by atoms with Crippen molar-refractivity contribution in [3.63, 3.8) is 0 Å². The lowest BCUT2D eigenvalue weighted by Crippen LogP contribution is -2.41. The van der Waals surface area contributed by atoms with E-state index in [1.165, 1.54) is 15.6 Å². The van der Waals surface area contributed by atoms with Gasteiger partial charge in [0.25, 0.3) is 11.3 Å². The molecule has 10 heteroatoms. The summed E-state index contributed by atoms with van der Waals surface area (Å²) in [5.74, 6) is 0.337. The molecule has 2 aromatic heterocycles. The molecule has 3 aromatic rings. The largest absolute Gasteiger partial charge is 0.415 e. The lowest BCUT2D eigenvalue weighted by atomic mass is 10.1. The molecule has 1 aliphatic heterocycles. The van der Waals surface area contributed by atoms with Crippen molar-refractivity contribution in [2.24, 2.45) is 0 Å². The van der Waals surface area contributed by atoms with Crippen molar-refractivity contribution in [2.75, 3.05) is 17.4 Å². The fraction of sp³-hybridized carbons (Fsp3) is 0.238. The number of aliphatic hydroxyl groups excluding tert-OH is 1. The number of pyridine rings is 1. The van der Waals surface area contributed by atoms with Gasteiger partial charge < -0.3 is 14.7 Å². The van der Waals surface area contributed by atoms with Gasteiger partial charge in [-0.3, -0.25) is 9.54 Å². The monoisotopic (exact) mass is 459 g/mol. The van der Waals surface area contributed by atoms with Gasteiger partial charge in [-0.25, -0.2) is 13.3 Å². The number of ether oxygens (including phenoxy) is 1. The molecular formula is C21H21N3O5S2. The number of aromatic nitrogens is 1. The van der Waals surface area contributed by atoms with Crippen LogP contribution in [0.5, 0.6) is 5.75 Å². The van der Waals surface area contributed by atoms with Crippen LogP contribution < -0.4 is 9.04 Å². The van der Waals surface area contributed by atoms with E-state index in [4.69, 9.17) is 4.74 Å². The van der Waals surface area contributed by atoms with Crippen molar-refractivity contribution in [3.05, 3.63) is 60.8 Å². The molecule has 1 aromatic carbocycles. The van der Waals surface area contributed by atoms with E-state index >= 15 is 0 Å². The number of thiophene rings is 1. The van der Waals surface area contributed by atoms with Crippen molar-refractivity contribution in [2.45, 2.75) is 18.9 Å². The number of piperidine rings is 1. The number of carbonyl (C=O) groups excluding carboxylic acids is 1. The second-order valence-corrected chi connectivity index (χ2v) is 8.85. The molecule has 0 aliphatic carbocycles. The molecule has 1 aliphatic rings. The van der Waals surface area contributed by atoms with Crippen molar-refractivity contribution in [1.29, 1.82) is 0 Å². The van der Waals surface area contributed by atoms with Crippen LogP contribution in [0.3, 0.4) is 0 Å². The van der Waals surface area contributed by atoms with Gasteiger partial charge in [-0.1, -0.05) is 6.07 Å². The third-order valence-electron chi connectivity index (χ3n) is 4.86. The molecule has 1 unspecified atom stereocenters. The molecule has 1 amide bonds. The maximum absolute atomic E-state index is 12.3. The molecule has 8 nitrogen and oxygen atoms in total. The summed E-state index contributed by atoms with van der Waals surface area (Å²) in [4.78, 5) is 19.0. The Bertz CT molecular complexity index is 1050. The molecule has 1 atom stereocenters. The molecule has 4 rings (SSSR count). The molecule has 1 fully saturated rings. The number of rotatable bonds is 5.